The number of rotatable bonds is 14. The molecule has 1 aromatic heterocycles. The second-order valence-corrected chi connectivity index (χ2v) is 12.3. The lowest BCUT2D eigenvalue weighted by Gasteiger charge is -2.34. The van der Waals surface area contributed by atoms with E-state index in [-0.39, 0.29) is 41.6 Å². The van der Waals surface area contributed by atoms with E-state index in [0.29, 0.717) is 49.4 Å². The third-order valence-corrected chi connectivity index (χ3v) is 9.21. The molecule has 0 saturated carbocycles. The van der Waals surface area contributed by atoms with Gasteiger partial charge < -0.3 is 50.4 Å². The van der Waals surface area contributed by atoms with E-state index in [1.54, 1.807) is 42.6 Å². The third kappa shape index (κ3) is 7.95. The number of hydrogen-bond donors (Lipinski definition) is 6. The summed E-state index contributed by atoms with van der Waals surface area (Å²) in [6.45, 7) is 2.55. The smallest absolute Gasteiger partial charge is 0.310 e. The number of aromatic hydroxyl groups is 2. The van der Waals surface area contributed by atoms with Crippen LogP contribution in [-0.4, -0.2) is 77.0 Å². The van der Waals surface area contributed by atoms with Gasteiger partial charge in [0.25, 0.3) is 0 Å². The average molecular weight is 664 g/mol. The molecular weight excluding hydrogens is 618 g/mol. The van der Waals surface area contributed by atoms with Crippen LogP contribution in [0.4, 0.5) is 5.82 Å². The molecule has 48 heavy (non-hydrogen) atoms. The van der Waals surface area contributed by atoms with E-state index in [2.05, 4.69) is 10.3 Å². The number of hydrogen-bond acceptors (Lipinski definition) is 11. The second kappa shape index (κ2) is 15.6. The fourth-order valence-electron chi connectivity index (χ4n) is 6.87. The largest absolute Gasteiger partial charge is 0.504 e. The van der Waals surface area contributed by atoms with Crippen molar-refractivity contribution in [1.82, 2.24) is 10.3 Å². The zero-order chi connectivity index (χ0) is 34.4. The van der Waals surface area contributed by atoms with Crippen LogP contribution < -0.4 is 25.3 Å². The number of nitrogen functional groups attached to an aromatic ring is 1. The number of aliphatic hydroxyl groups excluding tert-OH is 1. The van der Waals surface area contributed by atoms with Crippen LogP contribution in [0, 0.1) is 11.8 Å². The maximum absolute atomic E-state index is 12.4. The summed E-state index contributed by atoms with van der Waals surface area (Å²) in [5.74, 6) is -1.41. The Hall–Kier alpha value is -4.52. The molecule has 7 atom stereocenters. The highest BCUT2D eigenvalue weighted by Gasteiger charge is 2.42. The third-order valence-electron chi connectivity index (χ3n) is 9.21. The summed E-state index contributed by atoms with van der Waals surface area (Å²) < 4.78 is 23.5. The first-order valence-corrected chi connectivity index (χ1v) is 16.2. The average Bonchev–Trinajstić information content (AvgIpc) is 3.52. The number of pyridine rings is 1. The number of methoxy groups -OCH3 is 2. The number of likely N-dealkylation sites (N-methyl/N-ethyl adjacent to an activating group) is 1. The maximum atomic E-state index is 12.4. The molecule has 1 aliphatic heterocycles. The number of carboxylic acids is 1. The number of ether oxygens (including phenoxy) is 4. The molecule has 2 aromatic carbocycles. The van der Waals surface area contributed by atoms with Crippen LogP contribution >= 0.6 is 0 Å². The van der Waals surface area contributed by atoms with Crippen LogP contribution in [0.1, 0.15) is 54.9 Å². The Morgan fingerprint density at radius 2 is 1.81 bits per heavy atom. The molecule has 1 aliphatic carbocycles. The lowest BCUT2D eigenvalue weighted by atomic mass is 9.79. The van der Waals surface area contributed by atoms with Gasteiger partial charge in [-0.05, 0) is 78.9 Å². The molecule has 2 heterocycles. The summed E-state index contributed by atoms with van der Waals surface area (Å²) in [6.07, 6.45) is 5.97. The monoisotopic (exact) mass is 663 g/mol. The van der Waals surface area contributed by atoms with Crippen molar-refractivity contribution in [3.8, 4) is 28.7 Å². The van der Waals surface area contributed by atoms with Crippen LogP contribution in [0.15, 0.2) is 60.8 Å². The molecule has 0 spiro atoms. The highest BCUT2D eigenvalue weighted by atomic mass is 16.5. The number of anilines is 1. The quantitative estimate of drug-likeness (QED) is 0.134. The first kappa shape index (κ1) is 34.8. The number of aryl methyl sites for hydroxylation is 1. The van der Waals surface area contributed by atoms with Gasteiger partial charge in [-0.2, -0.15) is 0 Å². The van der Waals surface area contributed by atoms with E-state index in [1.807, 2.05) is 25.1 Å². The van der Waals surface area contributed by atoms with Crippen LogP contribution in [0.5, 0.6) is 28.7 Å². The number of carboxylic acid groups (broad SMARTS) is 1. The standard InChI is InChI=1S/C36H45N3O9/c1-4-38-27(34-25(8-9-26(34)36(43)44)21-11-12-39-33(37)16-21)19-47-32-15-22(14-31(46-3)35(32)42)29-18-23(40)17-24(48-29)7-5-20-6-10-28(41)30(13-20)45-2/h6,8-16,23-27,29,34,38,40-42H,4-5,7,17-19H2,1-3H3,(H2,37,39)(H,43,44)/t23-,24-,25+,26-,27+,29+,34-/m0/s1. The molecule has 0 bridgehead atoms. The fourth-order valence-corrected chi connectivity index (χ4v) is 6.87. The van der Waals surface area contributed by atoms with E-state index < -0.39 is 36.1 Å². The zero-order valence-electron chi connectivity index (χ0n) is 27.4. The van der Waals surface area contributed by atoms with Crippen molar-refractivity contribution in [2.75, 3.05) is 33.1 Å². The molecule has 0 unspecified atom stereocenters. The van der Waals surface area contributed by atoms with Crippen molar-refractivity contribution in [3.05, 3.63) is 77.5 Å². The molecule has 5 rings (SSSR count). The summed E-state index contributed by atoms with van der Waals surface area (Å²) in [5.41, 5.74) is 8.46. The molecule has 2 aliphatic rings. The van der Waals surface area contributed by atoms with Gasteiger partial charge in [0.15, 0.2) is 23.0 Å². The summed E-state index contributed by atoms with van der Waals surface area (Å²) in [7, 11) is 2.95. The van der Waals surface area contributed by atoms with Crippen molar-refractivity contribution >= 4 is 11.8 Å². The molecule has 1 fully saturated rings. The Morgan fingerprint density at radius 1 is 1.04 bits per heavy atom. The molecule has 1 saturated heterocycles. The van der Waals surface area contributed by atoms with Crippen molar-refractivity contribution in [2.45, 2.75) is 62.9 Å². The molecule has 0 radical (unpaired) electrons. The van der Waals surface area contributed by atoms with Gasteiger partial charge >= 0.3 is 5.97 Å². The van der Waals surface area contributed by atoms with Crippen molar-refractivity contribution < 1.29 is 44.2 Å². The topological polar surface area (TPSA) is 186 Å². The van der Waals surface area contributed by atoms with E-state index in [1.165, 1.54) is 14.2 Å². The number of phenols is 2. The van der Waals surface area contributed by atoms with Crippen LogP contribution in [-0.2, 0) is 16.0 Å². The van der Waals surface area contributed by atoms with Gasteiger partial charge in [-0.3, -0.25) is 4.79 Å². The van der Waals surface area contributed by atoms with Gasteiger partial charge in [0, 0.05) is 30.5 Å². The summed E-state index contributed by atoms with van der Waals surface area (Å²) in [6, 6.07) is 11.8. The van der Waals surface area contributed by atoms with Gasteiger partial charge in [-0.25, -0.2) is 4.98 Å². The number of aliphatic carboxylic acids is 1. The van der Waals surface area contributed by atoms with E-state index in [9.17, 15) is 25.2 Å². The maximum Gasteiger partial charge on any atom is 0.310 e. The Morgan fingerprint density at radius 3 is 2.52 bits per heavy atom. The molecule has 258 valence electrons. The minimum atomic E-state index is -0.942. The predicted molar refractivity (Wildman–Crippen MR) is 179 cm³/mol. The highest BCUT2D eigenvalue weighted by molar-refractivity contribution is 5.74. The Balaban J connectivity index is 1.34. The number of nitrogens with two attached hydrogens (primary N) is 1. The molecule has 7 N–H and O–H groups in total. The van der Waals surface area contributed by atoms with E-state index in [4.69, 9.17) is 24.7 Å². The molecule has 12 heteroatoms. The lowest BCUT2D eigenvalue weighted by Crippen LogP contribution is -2.46. The van der Waals surface area contributed by atoms with Gasteiger partial charge in [0.2, 0.25) is 5.75 Å². The Kier molecular flexibility index (Phi) is 11.3. The number of aromatic nitrogens is 1. The van der Waals surface area contributed by atoms with Gasteiger partial charge in [-0.1, -0.05) is 25.1 Å². The predicted octanol–water partition coefficient (Wildman–Crippen LogP) is 4.33. The van der Waals surface area contributed by atoms with Gasteiger partial charge in [-0.15, -0.1) is 0 Å². The number of carbonyl (C=O) groups is 1. The number of phenolic OH excluding ortho intramolecular Hbond substituents is 2. The molecule has 3 aromatic rings. The first-order chi connectivity index (χ1) is 23.1. The number of nitrogens with zero attached hydrogens (tertiary/aromatic N) is 1. The molecule has 0 amide bonds. The minimum Gasteiger partial charge on any atom is -0.504 e. The van der Waals surface area contributed by atoms with Crippen molar-refractivity contribution in [2.24, 2.45) is 11.8 Å². The Labute approximate surface area is 280 Å². The summed E-state index contributed by atoms with van der Waals surface area (Å²) in [5, 5.41) is 45.3. The first-order valence-electron chi connectivity index (χ1n) is 16.2. The van der Waals surface area contributed by atoms with Crippen LogP contribution in [0.25, 0.3) is 0 Å². The normalized spacial score (nSPS) is 24.2. The second-order valence-electron chi connectivity index (χ2n) is 12.3. The fraction of sp³-hybridized carbons (Fsp3) is 0.444. The molecule has 12 nitrogen and oxygen atoms in total. The number of nitrogens with one attached hydrogen (secondary N) is 1. The lowest BCUT2D eigenvalue weighted by molar-refractivity contribution is -0.142. The zero-order valence-corrected chi connectivity index (χ0v) is 27.4. The minimum absolute atomic E-state index is 0.0497. The highest BCUT2D eigenvalue weighted by Crippen LogP contribution is 2.44. The van der Waals surface area contributed by atoms with Crippen LogP contribution in [0.3, 0.4) is 0 Å². The van der Waals surface area contributed by atoms with Crippen molar-refractivity contribution in [1.29, 1.82) is 0 Å². The van der Waals surface area contributed by atoms with Crippen molar-refractivity contribution in [3.63, 3.8) is 0 Å². The van der Waals surface area contributed by atoms with Gasteiger partial charge in [0.05, 0.1) is 38.4 Å². The van der Waals surface area contributed by atoms with E-state index in [0.717, 1.165) is 11.1 Å². The number of allylic oxidation sites excluding steroid dienone is 1. The summed E-state index contributed by atoms with van der Waals surface area (Å²) >= 11 is 0. The molecular formula is C36H45N3O9. The SMILES string of the molecule is CCN[C@H](COc1cc([C@H]2C[C@@H](O)C[C@H](CCc3ccc(O)c(OC)c3)O2)cc(OC)c1O)[C@@H]1[C@@H](C(=O)O)C=C[C@@H]1c1ccnc(N)c1. The van der Waals surface area contributed by atoms with Gasteiger partial charge in [0.1, 0.15) is 12.4 Å². The Bertz CT molecular complexity index is 1600. The number of aliphatic hydroxyl groups is 1. The summed E-state index contributed by atoms with van der Waals surface area (Å²) in [4.78, 5) is 16.4. The number of benzene rings is 2. The van der Waals surface area contributed by atoms with E-state index >= 15 is 0 Å². The van der Waals surface area contributed by atoms with Crippen LogP contribution in [0.2, 0.25) is 0 Å².